The second-order valence-electron chi connectivity index (χ2n) is 4.94. The zero-order valence-corrected chi connectivity index (χ0v) is 11.0. The molecule has 0 bridgehead atoms. The fraction of sp³-hybridized carbons (Fsp3) is 0.583. The second kappa shape index (κ2) is 5.29. The van der Waals surface area contributed by atoms with Crippen molar-refractivity contribution in [1.82, 2.24) is 15.1 Å². The number of anilines is 1. The molecular weight excluding hydrogens is 248 g/mol. The number of carbonyl (C=O) groups excluding carboxylic acids is 1. The Morgan fingerprint density at radius 2 is 2.21 bits per heavy atom. The minimum Gasteiger partial charge on any atom is -0.481 e. The van der Waals surface area contributed by atoms with Crippen molar-refractivity contribution < 1.29 is 14.7 Å². The van der Waals surface area contributed by atoms with Crippen molar-refractivity contribution in [1.29, 1.82) is 0 Å². The van der Waals surface area contributed by atoms with Crippen molar-refractivity contribution in [3.05, 3.63) is 11.8 Å². The molecule has 1 aromatic heterocycles. The zero-order chi connectivity index (χ0) is 14.0. The number of aromatic nitrogens is 2. The average molecular weight is 266 g/mol. The van der Waals surface area contributed by atoms with Crippen molar-refractivity contribution in [3.63, 3.8) is 0 Å². The molecule has 2 atom stereocenters. The van der Waals surface area contributed by atoms with E-state index in [4.69, 9.17) is 5.11 Å². The maximum atomic E-state index is 11.7. The van der Waals surface area contributed by atoms with E-state index in [1.54, 1.807) is 17.8 Å². The lowest BCUT2D eigenvalue weighted by Crippen LogP contribution is -2.36. The molecule has 3 N–H and O–H groups in total. The van der Waals surface area contributed by atoms with Crippen LogP contribution in [0.1, 0.15) is 25.0 Å². The first-order valence-electron chi connectivity index (χ1n) is 6.26. The Balaban J connectivity index is 1.84. The van der Waals surface area contributed by atoms with E-state index >= 15 is 0 Å². The van der Waals surface area contributed by atoms with Gasteiger partial charge >= 0.3 is 12.0 Å². The Bertz CT molecular complexity index is 478. The number of aliphatic carboxylic acids is 1. The largest absolute Gasteiger partial charge is 0.481 e. The van der Waals surface area contributed by atoms with E-state index in [-0.39, 0.29) is 18.0 Å². The topological polar surface area (TPSA) is 96.2 Å². The van der Waals surface area contributed by atoms with Crippen LogP contribution in [0.2, 0.25) is 0 Å². The van der Waals surface area contributed by atoms with E-state index in [0.717, 1.165) is 5.69 Å². The number of hydrogen-bond acceptors (Lipinski definition) is 3. The van der Waals surface area contributed by atoms with Crippen LogP contribution < -0.4 is 10.6 Å². The third-order valence-electron chi connectivity index (χ3n) is 3.47. The van der Waals surface area contributed by atoms with Gasteiger partial charge in [0.1, 0.15) is 0 Å². The molecule has 7 heteroatoms. The van der Waals surface area contributed by atoms with Crippen LogP contribution in [-0.2, 0) is 11.8 Å². The SMILES string of the molecule is Cc1cc(NC(=O)NC2CCC(C(=O)O)C2)nn1C. The van der Waals surface area contributed by atoms with Crippen molar-refractivity contribution in [3.8, 4) is 0 Å². The van der Waals surface area contributed by atoms with E-state index in [2.05, 4.69) is 15.7 Å². The van der Waals surface area contributed by atoms with Gasteiger partial charge in [-0.2, -0.15) is 5.10 Å². The molecule has 1 aliphatic carbocycles. The molecule has 104 valence electrons. The molecule has 0 spiro atoms. The van der Waals surface area contributed by atoms with Gasteiger partial charge in [0.05, 0.1) is 5.92 Å². The zero-order valence-electron chi connectivity index (χ0n) is 11.0. The standard InChI is InChI=1S/C12H18N4O3/c1-7-5-10(15-16(7)2)14-12(19)13-9-4-3-8(6-9)11(17)18/h5,8-9H,3-4,6H2,1-2H3,(H,17,18)(H2,13,14,15,19). The highest BCUT2D eigenvalue weighted by Crippen LogP contribution is 2.25. The molecular formula is C12H18N4O3. The molecule has 19 heavy (non-hydrogen) atoms. The fourth-order valence-electron chi connectivity index (χ4n) is 2.30. The van der Waals surface area contributed by atoms with E-state index in [9.17, 15) is 9.59 Å². The maximum Gasteiger partial charge on any atom is 0.320 e. The molecule has 2 rings (SSSR count). The minimum atomic E-state index is -0.787. The molecule has 0 saturated heterocycles. The van der Waals surface area contributed by atoms with Gasteiger partial charge in [-0.25, -0.2) is 4.79 Å². The first-order chi connectivity index (χ1) is 8.95. The fourth-order valence-corrected chi connectivity index (χ4v) is 2.30. The van der Waals surface area contributed by atoms with Crippen molar-refractivity contribution in [2.24, 2.45) is 13.0 Å². The first-order valence-corrected chi connectivity index (χ1v) is 6.26. The van der Waals surface area contributed by atoms with Gasteiger partial charge in [0.25, 0.3) is 0 Å². The van der Waals surface area contributed by atoms with E-state index in [1.165, 1.54) is 0 Å². The van der Waals surface area contributed by atoms with Crippen LogP contribution in [0.4, 0.5) is 10.6 Å². The van der Waals surface area contributed by atoms with Crippen molar-refractivity contribution in [2.75, 3.05) is 5.32 Å². The van der Waals surface area contributed by atoms with Gasteiger partial charge in [0.2, 0.25) is 0 Å². The number of urea groups is 1. The Morgan fingerprint density at radius 3 is 2.74 bits per heavy atom. The number of nitrogens with one attached hydrogen (secondary N) is 2. The highest BCUT2D eigenvalue weighted by molar-refractivity contribution is 5.88. The summed E-state index contributed by atoms with van der Waals surface area (Å²) < 4.78 is 1.67. The summed E-state index contributed by atoms with van der Waals surface area (Å²) in [6.45, 7) is 1.89. The lowest BCUT2D eigenvalue weighted by Gasteiger charge is -2.12. The summed E-state index contributed by atoms with van der Waals surface area (Å²) in [5.41, 5.74) is 0.946. The number of carbonyl (C=O) groups is 2. The molecule has 0 aromatic carbocycles. The summed E-state index contributed by atoms with van der Waals surface area (Å²) in [7, 11) is 1.80. The molecule has 1 aliphatic rings. The van der Waals surface area contributed by atoms with Crippen LogP contribution in [0.15, 0.2) is 6.07 Å². The lowest BCUT2D eigenvalue weighted by molar-refractivity contribution is -0.141. The predicted octanol–water partition coefficient (Wildman–Crippen LogP) is 1.10. The molecule has 0 radical (unpaired) electrons. The third-order valence-corrected chi connectivity index (χ3v) is 3.47. The first kappa shape index (κ1) is 13.4. The van der Waals surface area contributed by atoms with Gasteiger partial charge in [-0.3, -0.25) is 14.8 Å². The second-order valence-corrected chi connectivity index (χ2v) is 4.94. The average Bonchev–Trinajstić information content (AvgIpc) is 2.87. The molecule has 2 unspecified atom stereocenters. The number of carboxylic acid groups (broad SMARTS) is 1. The van der Waals surface area contributed by atoms with Crippen molar-refractivity contribution in [2.45, 2.75) is 32.2 Å². The Hall–Kier alpha value is -2.05. The van der Waals surface area contributed by atoms with Gasteiger partial charge in [-0.05, 0) is 26.2 Å². The monoisotopic (exact) mass is 266 g/mol. The van der Waals surface area contributed by atoms with Crippen LogP contribution in [0.5, 0.6) is 0 Å². The van der Waals surface area contributed by atoms with E-state index < -0.39 is 5.97 Å². The number of carboxylic acids is 1. The highest BCUT2D eigenvalue weighted by atomic mass is 16.4. The van der Waals surface area contributed by atoms with Crippen LogP contribution in [-0.4, -0.2) is 32.9 Å². The van der Waals surface area contributed by atoms with Gasteiger partial charge in [0.15, 0.2) is 5.82 Å². The van der Waals surface area contributed by atoms with Crippen LogP contribution in [0.3, 0.4) is 0 Å². The van der Waals surface area contributed by atoms with Crippen LogP contribution in [0.25, 0.3) is 0 Å². The molecule has 1 saturated carbocycles. The summed E-state index contributed by atoms with van der Waals surface area (Å²) in [4.78, 5) is 22.6. The van der Waals surface area contributed by atoms with Gasteiger partial charge < -0.3 is 10.4 Å². The number of amides is 2. The Labute approximate surface area is 111 Å². The van der Waals surface area contributed by atoms with Gasteiger partial charge in [-0.15, -0.1) is 0 Å². The molecule has 1 fully saturated rings. The van der Waals surface area contributed by atoms with Gasteiger partial charge in [0, 0.05) is 24.8 Å². The van der Waals surface area contributed by atoms with Crippen LogP contribution in [0, 0.1) is 12.8 Å². The summed E-state index contributed by atoms with van der Waals surface area (Å²) in [6.07, 6.45) is 1.80. The Morgan fingerprint density at radius 1 is 1.47 bits per heavy atom. The smallest absolute Gasteiger partial charge is 0.320 e. The van der Waals surface area contributed by atoms with Gasteiger partial charge in [-0.1, -0.05) is 0 Å². The molecule has 2 amide bonds. The third kappa shape index (κ3) is 3.24. The number of nitrogens with zero attached hydrogens (tertiary/aromatic N) is 2. The molecule has 0 aliphatic heterocycles. The lowest BCUT2D eigenvalue weighted by atomic mass is 10.1. The number of aryl methyl sites for hydroxylation is 2. The summed E-state index contributed by atoms with van der Waals surface area (Å²) in [5, 5.41) is 18.4. The quantitative estimate of drug-likeness (QED) is 0.763. The molecule has 1 aromatic rings. The minimum absolute atomic E-state index is 0.0779. The highest BCUT2D eigenvalue weighted by Gasteiger charge is 2.30. The maximum absolute atomic E-state index is 11.7. The normalized spacial score (nSPS) is 22.2. The van der Waals surface area contributed by atoms with Crippen molar-refractivity contribution >= 4 is 17.8 Å². The van der Waals surface area contributed by atoms with Crippen LogP contribution >= 0.6 is 0 Å². The Kier molecular flexibility index (Phi) is 3.73. The number of rotatable bonds is 3. The summed E-state index contributed by atoms with van der Waals surface area (Å²) in [6, 6.07) is 1.36. The summed E-state index contributed by atoms with van der Waals surface area (Å²) in [5.74, 6) is -0.641. The van der Waals surface area contributed by atoms with E-state index in [0.29, 0.717) is 25.1 Å². The predicted molar refractivity (Wildman–Crippen MR) is 68.9 cm³/mol. The molecule has 1 heterocycles. The summed E-state index contributed by atoms with van der Waals surface area (Å²) >= 11 is 0. The van der Waals surface area contributed by atoms with E-state index in [1.807, 2.05) is 6.92 Å². The number of hydrogen-bond donors (Lipinski definition) is 3. The molecule has 7 nitrogen and oxygen atoms in total.